The Hall–Kier alpha value is -3.39. The average Bonchev–Trinajstić information content (AvgIpc) is 2.97. The fourth-order valence-corrected chi connectivity index (χ4v) is 5.13. The molecular weight excluding hydrogens is 598 g/mol. The van der Waals surface area contributed by atoms with E-state index in [4.69, 9.17) is 0 Å². The Kier molecular flexibility index (Phi) is 18.1. The van der Waals surface area contributed by atoms with Crippen molar-refractivity contribution in [1.29, 1.82) is 0 Å². The van der Waals surface area contributed by atoms with E-state index in [-0.39, 0.29) is 46.9 Å². The van der Waals surface area contributed by atoms with Crippen molar-refractivity contribution in [2.45, 2.75) is 97.9 Å². The molecule has 0 aliphatic carbocycles. The number of carbonyl (C=O) groups excluding carboxylic acids is 5. The summed E-state index contributed by atoms with van der Waals surface area (Å²) in [5.41, 5.74) is 0.236. The first-order valence-corrected chi connectivity index (χ1v) is 17.0. The smallest absolute Gasteiger partial charge is 0.252 e. The highest BCUT2D eigenvalue weighted by Gasteiger charge is 2.29. The van der Waals surface area contributed by atoms with Crippen LogP contribution in [0.15, 0.2) is 24.5 Å². The summed E-state index contributed by atoms with van der Waals surface area (Å²) in [7, 11) is 0. The number of thioether (sulfide) groups is 1. The maximum absolute atomic E-state index is 13.5. The van der Waals surface area contributed by atoms with Crippen LogP contribution in [-0.4, -0.2) is 84.8 Å². The Bertz CT molecular complexity index is 1100. The van der Waals surface area contributed by atoms with E-state index >= 15 is 0 Å². The molecule has 0 saturated carbocycles. The first kappa shape index (κ1) is 39.6. The average molecular weight is 652 g/mol. The zero-order chi connectivity index (χ0) is 34.1. The third-order valence-corrected chi connectivity index (χ3v) is 7.66. The van der Waals surface area contributed by atoms with Crippen molar-refractivity contribution in [2.24, 2.45) is 11.8 Å². The van der Waals surface area contributed by atoms with E-state index in [0.717, 1.165) is 0 Å². The Morgan fingerprint density at radius 1 is 0.844 bits per heavy atom. The highest BCUT2D eigenvalue weighted by atomic mass is 32.2. The molecule has 6 N–H and O–H groups in total. The summed E-state index contributed by atoms with van der Waals surface area (Å²) in [6.07, 6.45) is 5.84. The van der Waals surface area contributed by atoms with Gasteiger partial charge in [-0.3, -0.25) is 24.0 Å². The largest absolute Gasteiger partial charge is 0.619 e. The quantitative estimate of drug-likeness (QED) is 0.0886. The lowest BCUT2D eigenvalue weighted by molar-refractivity contribution is -0.605. The fourth-order valence-electron chi connectivity index (χ4n) is 4.56. The Labute approximate surface area is 271 Å². The van der Waals surface area contributed by atoms with Gasteiger partial charge in [-0.1, -0.05) is 41.0 Å². The highest BCUT2D eigenvalue weighted by molar-refractivity contribution is 7.98. The van der Waals surface area contributed by atoms with Crippen molar-refractivity contribution in [3.05, 3.63) is 35.3 Å². The Morgan fingerprint density at radius 2 is 1.47 bits per heavy atom. The zero-order valence-corrected chi connectivity index (χ0v) is 28.7. The number of rotatable bonds is 20. The van der Waals surface area contributed by atoms with Crippen molar-refractivity contribution in [3.63, 3.8) is 0 Å². The van der Waals surface area contributed by atoms with Crippen molar-refractivity contribution >= 4 is 41.3 Å². The van der Waals surface area contributed by atoms with Crippen molar-refractivity contribution < 1.29 is 28.7 Å². The number of carbonyl (C=O) groups is 5. The molecule has 5 atom stereocenters. The van der Waals surface area contributed by atoms with Gasteiger partial charge in [-0.2, -0.15) is 16.5 Å². The molecule has 45 heavy (non-hydrogen) atoms. The topological polar surface area (TPSA) is 184 Å². The second-order valence-corrected chi connectivity index (χ2v) is 12.8. The molecule has 0 unspecified atom stereocenters. The fraction of sp³-hybridized carbons (Fsp3) is 0.677. The van der Waals surface area contributed by atoms with Crippen LogP contribution in [0.25, 0.3) is 0 Å². The van der Waals surface area contributed by atoms with Crippen molar-refractivity contribution in [3.8, 4) is 0 Å². The highest BCUT2D eigenvalue weighted by Crippen LogP contribution is 2.08. The van der Waals surface area contributed by atoms with Crippen LogP contribution in [0.4, 0.5) is 0 Å². The predicted molar refractivity (Wildman–Crippen MR) is 176 cm³/mol. The zero-order valence-electron chi connectivity index (χ0n) is 27.9. The second-order valence-electron chi connectivity index (χ2n) is 11.9. The molecule has 1 aromatic heterocycles. The summed E-state index contributed by atoms with van der Waals surface area (Å²) in [5, 5.41) is 28.6. The van der Waals surface area contributed by atoms with Crippen LogP contribution in [0.1, 0.15) is 78.1 Å². The third-order valence-electron chi connectivity index (χ3n) is 6.99. The lowest BCUT2D eigenvalue weighted by atomic mass is 10.0. The summed E-state index contributed by atoms with van der Waals surface area (Å²) in [6, 6.07) is -0.635. The monoisotopic (exact) mass is 651 g/mol. The molecule has 1 rings (SSSR count). The molecule has 5 amide bonds. The maximum Gasteiger partial charge on any atom is 0.252 e. The van der Waals surface area contributed by atoms with E-state index in [2.05, 4.69) is 31.9 Å². The maximum atomic E-state index is 13.5. The molecule has 0 bridgehead atoms. The number of hydrogen-bond donors (Lipinski definition) is 6. The Balaban J connectivity index is 2.91. The lowest BCUT2D eigenvalue weighted by Crippen LogP contribution is -2.57. The summed E-state index contributed by atoms with van der Waals surface area (Å²) in [6.45, 7) is 14.0. The van der Waals surface area contributed by atoms with Gasteiger partial charge in [0, 0.05) is 37.0 Å². The van der Waals surface area contributed by atoms with Crippen LogP contribution in [0.3, 0.4) is 0 Å². The molecule has 0 aromatic carbocycles. The molecule has 0 aliphatic heterocycles. The number of likely N-dealkylation sites (N-methyl/N-ethyl adjacent to an activating group) is 1. The Morgan fingerprint density at radius 3 is 2.00 bits per heavy atom. The van der Waals surface area contributed by atoms with Crippen LogP contribution >= 0.6 is 11.8 Å². The number of aromatic nitrogens is 1. The van der Waals surface area contributed by atoms with Crippen LogP contribution in [0.2, 0.25) is 0 Å². The molecule has 13 nitrogen and oxygen atoms in total. The van der Waals surface area contributed by atoms with Crippen LogP contribution < -0.4 is 36.6 Å². The number of nitrogens with zero attached hydrogens (tertiary/aromatic N) is 1. The van der Waals surface area contributed by atoms with Gasteiger partial charge in [0.1, 0.15) is 18.1 Å². The van der Waals surface area contributed by atoms with E-state index in [1.807, 2.05) is 41.5 Å². The summed E-state index contributed by atoms with van der Waals surface area (Å²) in [4.78, 5) is 64.7. The van der Waals surface area contributed by atoms with E-state index in [0.29, 0.717) is 37.1 Å². The van der Waals surface area contributed by atoms with Crippen LogP contribution in [0.5, 0.6) is 0 Å². The molecule has 14 heteroatoms. The van der Waals surface area contributed by atoms with Gasteiger partial charge in [0.25, 0.3) is 5.91 Å². The minimum Gasteiger partial charge on any atom is -0.619 e. The van der Waals surface area contributed by atoms with Gasteiger partial charge in [-0.25, -0.2) is 0 Å². The van der Waals surface area contributed by atoms with Gasteiger partial charge >= 0.3 is 0 Å². The van der Waals surface area contributed by atoms with E-state index in [1.54, 1.807) is 13.2 Å². The first-order chi connectivity index (χ1) is 21.2. The molecule has 1 heterocycles. The minimum absolute atomic E-state index is 0.0975. The summed E-state index contributed by atoms with van der Waals surface area (Å²) >= 11 is 1.37. The predicted octanol–water partition coefficient (Wildman–Crippen LogP) is 0.852. The van der Waals surface area contributed by atoms with Gasteiger partial charge in [0.15, 0.2) is 12.4 Å². The standard InChI is InChI=1S/C31H53N7O6S/c1-9-11-24(35-30(42)25(18-45-8)36-28(40)22-12-14-38(44)15-13-22)29(41)34-23(16-19(3)4)17-33-21(7)27(39)37-26(20(5)6)31(43)32-10-2/h12-15,19-21,23-26,33H,9-11,16-18H2,1-8H3,(H,32,43)(H,34,41)(H,35,42)(H,36,40)(H,37,39)/t21-,23-,24-,25-,26-/m0/s1. The number of hydrogen-bond acceptors (Lipinski definition) is 8. The van der Waals surface area contributed by atoms with E-state index < -0.39 is 36.0 Å². The van der Waals surface area contributed by atoms with Gasteiger partial charge < -0.3 is 37.1 Å². The molecule has 1 aromatic rings. The van der Waals surface area contributed by atoms with Crippen molar-refractivity contribution in [2.75, 3.05) is 25.1 Å². The van der Waals surface area contributed by atoms with E-state index in [1.165, 1.54) is 36.3 Å². The lowest BCUT2D eigenvalue weighted by Gasteiger charge is -2.28. The molecule has 0 aliphatic rings. The SMILES string of the molecule is CCC[C@H](NC(=O)[C@H](CSC)NC(=O)c1cc[n+]([O-])cc1)C(=O)N[C@H](CN[C@@H](C)C(=O)N[C@H](C(=O)NCC)C(C)C)CC(C)C. The summed E-state index contributed by atoms with van der Waals surface area (Å²) < 4.78 is 0.560. The molecular formula is C31H53N7O6S. The molecule has 0 spiro atoms. The number of pyridine rings is 1. The number of amides is 5. The first-order valence-electron chi connectivity index (χ1n) is 15.6. The van der Waals surface area contributed by atoms with Gasteiger partial charge in [0.05, 0.1) is 11.6 Å². The molecule has 0 radical (unpaired) electrons. The second kappa shape index (κ2) is 20.6. The van der Waals surface area contributed by atoms with Gasteiger partial charge in [-0.05, 0) is 44.8 Å². The van der Waals surface area contributed by atoms with Crippen LogP contribution in [-0.2, 0) is 19.2 Å². The molecule has 254 valence electrons. The third kappa shape index (κ3) is 14.5. The van der Waals surface area contributed by atoms with Gasteiger partial charge in [0.2, 0.25) is 23.6 Å². The normalized spacial score (nSPS) is 14.5. The number of nitrogens with one attached hydrogen (secondary N) is 6. The van der Waals surface area contributed by atoms with Gasteiger partial charge in [-0.15, -0.1) is 0 Å². The van der Waals surface area contributed by atoms with E-state index in [9.17, 15) is 29.2 Å². The summed E-state index contributed by atoms with van der Waals surface area (Å²) in [5.74, 6) is -1.50. The van der Waals surface area contributed by atoms with Crippen molar-refractivity contribution in [1.82, 2.24) is 31.9 Å². The molecule has 0 saturated heterocycles. The minimum atomic E-state index is -0.902. The molecule has 0 fully saturated rings. The van der Waals surface area contributed by atoms with Crippen LogP contribution in [0, 0.1) is 17.0 Å².